The third-order valence-electron chi connectivity index (χ3n) is 4.84. The first-order valence-corrected chi connectivity index (χ1v) is 9.33. The van der Waals surface area contributed by atoms with Gasteiger partial charge in [-0.3, -0.25) is 9.59 Å². The average Bonchev–Trinajstić information content (AvgIpc) is 2.92. The molecule has 0 bridgehead atoms. The van der Waals surface area contributed by atoms with Gasteiger partial charge in [0.05, 0.1) is 0 Å². The van der Waals surface area contributed by atoms with Crippen molar-refractivity contribution in [3.8, 4) is 11.5 Å². The number of hydrogen-bond donors (Lipinski definition) is 0. The molecule has 0 saturated carbocycles. The molecule has 5 heteroatoms. The van der Waals surface area contributed by atoms with Gasteiger partial charge >= 0.3 is 5.97 Å². The summed E-state index contributed by atoms with van der Waals surface area (Å²) in [5, 5.41) is 0. The van der Waals surface area contributed by atoms with Crippen LogP contribution in [0.25, 0.3) is 0 Å². The van der Waals surface area contributed by atoms with Crippen molar-refractivity contribution in [3.63, 3.8) is 0 Å². The molecule has 0 N–H and O–H groups in total. The minimum absolute atomic E-state index is 0.0587. The highest BCUT2D eigenvalue weighted by molar-refractivity contribution is 6.01. The summed E-state index contributed by atoms with van der Waals surface area (Å²) >= 11 is 0. The molecule has 3 aromatic carbocycles. The van der Waals surface area contributed by atoms with E-state index in [4.69, 9.17) is 14.2 Å². The molecule has 0 fully saturated rings. The first kappa shape index (κ1) is 18.7. The van der Waals surface area contributed by atoms with Crippen LogP contribution in [-0.2, 0) is 15.1 Å². The molecule has 0 radical (unpaired) electrons. The second kappa shape index (κ2) is 7.80. The summed E-state index contributed by atoms with van der Waals surface area (Å²) in [6.07, 6.45) is -1.13. The molecule has 0 aliphatic carbocycles. The number of hydrogen-bond acceptors (Lipinski definition) is 5. The van der Waals surface area contributed by atoms with Gasteiger partial charge in [0.25, 0.3) is 0 Å². The van der Waals surface area contributed by atoms with E-state index in [1.165, 1.54) is 6.92 Å². The van der Waals surface area contributed by atoms with E-state index in [0.717, 1.165) is 0 Å². The highest BCUT2D eigenvalue weighted by Crippen LogP contribution is 2.41. The van der Waals surface area contributed by atoms with Gasteiger partial charge in [-0.15, -0.1) is 0 Å². The molecule has 1 aliphatic rings. The number of fused-ring (bicyclic) bond motifs is 1. The van der Waals surface area contributed by atoms with E-state index in [1.807, 2.05) is 30.3 Å². The van der Waals surface area contributed by atoms with Gasteiger partial charge in [-0.25, -0.2) is 0 Å². The van der Waals surface area contributed by atoms with Crippen molar-refractivity contribution in [2.75, 3.05) is 6.61 Å². The SMILES string of the molecule is CC(=O)O[C@]1(c2ccccc2)COc2ccccc2O[C@@H]1C(=O)c1ccccc1. The van der Waals surface area contributed by atoms with Crippen LogP contribution in [0.4, 0.5) is 0 Å². The minimum Gasteiger partial charge on any atom is -0.485 e. The number of carbonyl (C=O) groups excluding carboxylic acids is 2. The van der Waals surface area contributed by atoms with E-state index < -0.39 is 17.7 Å². The van der Waals surface area contributed by atoms with E-state index in [1.54, 1.807) is 54.6 Å². The lowest BCUT2D eigenvalue weighted by Gasteiger charge is -2.36. The second-order valence-electron chi connectivity index (χ2n) is 6.81. The average molecular weight is 388 g/mol. The standard InChI is InChI=1S/C24H20O5/c1-17(25)29-24(19-12-6-3-7-13-19)16-27-20-14-8-9-15-21(20)28-23(24)22(26)18-10-4-2-5-11-18/h2-15,23H,16H2,1H3/t23-,24+/m1/s1. The second-order valence-corrected chi connectivity index (χ2v) is 6.81. The van der Waals surface area contributed by atoms with E-state index in [0.29, 0.717) is 22.6 Å². The summed E-state index contributed by atoms with van der Waals surface area (Å²) in [5.74, 6) is 0.0870. The summed E-state index contributed by atoms with van der Waals surface area (Å²) in [7, 11) is 0. The van der Waals surface area contributed by atoms with Gasteiger partial charge in [0, 0.05) is 18.1 Å². The van der Waals surface area contributed by atoms with Crippen molar-refractivity contribution in [1.82, 2.24) is 0 Å². The highest BCUT2D eigenvalue weighted by atomic mass is 16.6. The zero-order chi connectivity index (χ0) is 20.3. The lowest BCUT2D eigenvalue weighted by Crippen LogP contribution is -2.53. The number of rotatable bonds is 4. The van der Waals surface area contributed by atoms with Gasteiger partial charge in [-0.2, -0.15) is 0 Å². The smallest absolute Gasteiger partial charge is 0.303 e. The lowest BCUT2D eigenvalue weighted by molar-refractivity contribution is -0.170. The molecule has 5 nitrogen and oxygen atoms in total. The van der Waals surface area contributed by atoms with Gasteiger partial charge in [-0.1, -0.05) is 72.8 Å². The Hall–Kier alpha value is -3.60. The van der Waals surface area contributed by atoms with Crippen LogP contribution >= 0.6 is 0 Å². The summed E-state index contributed by atoms with van der Waals surface area (Å²) < 4.78 is 18.0. The van der Waals surface area contributed by atoms with Crippen LogP contribution in [0.3, 0.4) is 0 Å². The fourth-order valence-corrected chi connectivity index (χ4v) is 3.52. The van der Waals surface area contributed by atoms with Crippen LogP contribution in [0, 0.1) is 0 Å². The largest absolute Gasteiger partial charge is 0.485 e. The molecule has 0 saturated heterocycles. The first-order chi connectivity index (χ1) is 14.1. The zero-order valence-corrected chi connectivity index (χ0v) is 15.9. The van der Waals surface area contributed by atoms with Crippen molar-refractivity contribution < 1.29 is 23.8 Å². The Kier molecular flexibility index (Phi) is 5.04. The quantitative estimate of drug-likeness (QED) is 0.496. The Balaban J connectivity index is 1.90. The van der Waals surface area contributed by atoms with Gasteiger partial charge in [-0.05, 0) is 12.1 Å². The number of carbonyl (C=O) groups is 2. The first-order valence-electron chi connectivity index (χ1n) is 9.33. The lowest BCUT2D eigenvalue weighted by atomic mass is 9.84. The fourth-order valence-electron chi connectivity index (χ4n) is 3.52. The van der Waals surface area contributed by atoms with Crippen molar-refractivity contribution in [2.24, 2.45) is 0 Å². The number of ketones is 1. The van der Waals surface area contributed by atoms with Crippen LogP contribution in [-0.4, -0.2) is 24.5 Å². The Morgan fingerprint density at radius 3 is 2.10 bits per heavy atom. The van der Waals surface area contributed by atoms with Crippen LogP contribution in [0.1, 0.15) is 22.8 Å². The number of Topliss-reactive ketones (excluding diaryl/α,β-unsaturated/α-hetero) is 1. The predicted octanol–water partition coefficient (Wildman–Crippen LogP) is 4.17. The van der Waals surface area contributed by atoms with Gasteiger partial charge in [0.15, 0.2) is 11.5 Å². The topological polar surface area (TPSA) is 61.8 Å². The highest BCUT2D eigenvalue weighted by Gasteiger charge is 2.52. The number of benzene rings is 3. The molecular formula is C24H20O5. The van der Waals surface area contributed by atoms with Gasteiger partial charge in [0.1, 0.15) is 6.61 Å². The maximum absolute atomic E-state index is 13.6. The number of para-hydroxylation sites is 2. The molecule has 1 aliphatic heterocycles. The third kappa shape index (κ3) is 3.59. The Morgan fingerprint density at radius 1 is 0.862 bits per heavy atom. The molecule has 3 aromatic rings. The molecule has 0 spiro atoms. The summed E-state index contributed by atoms with van der Waals surface area (Å²) in [5.41, 5.74) is -0.361. The summed E-state index contributed by atoms with van der Waals surface area (Å²) in [6, 6.07) is 25.0. The fraction of sp³-hybridized carbons (Fsp3) is 0.167. The molecule has 29 heavy (non-hydrogen) atoms. The van der Waals surface area contributed by atoms with Crippen molar-refractivity contribution in [1.29, 1.82) is 0 Å². The van der Waals surface area contributed by atoms with Crippen LogP contribution < -0.4 is 9.47 Å². The zero-order valence-electron chi connectivity index (χ0n) is 15.9. The molecule has 4 rings (SSSR count). The van der Waals surface area contributed by atoms with Crippen LogP contribution in [0.5, 0.6) is 11.5 Å². The predicted molar refractivity (Wildman–Crippen MR) is 107 cm³/mol. The van der Waals surface area contributed by atoms with Crippen LogP contribution in [0.2, 0.25) is 0 Å². The summed E-state index contributed by atoms with van der Waals surface area (Å²) in [4.78, 5) is 25.7. The number of ether oxygens (including phenoxy) is 3. The minimum atomic E-state index is -1.45. The molecule has 2 atom stereocenters. The molecule has 0 aromatic heterocycles. The monoisotopic (exact) mass is 388 g/mol. The molecule has 1 heterocycles. The van der Waals surface area contributed by atoms with Crippen molar-refractivity contribution in [3.05, 3.63) is 96.1 Å². The van der Waals surface area contributed by atoms with Gasteiger partial charge in [0.2, 0.25) is 17.5 Å². The van der Waals surface area contributed by atoms with Crippen molar-refractivity contribution in [2.45, 2.75) is 18.6 Å². The third-order valence-corrected chi connectivity index (χ3v) is 4.84. The summed E-state index contributed by atoms with van der Waals surface area (Å²) in [6.45, 7) is 1.25. The Labute approximate surface area is 168 Å². The van der Waals surface area contributed by atoms with Crippen molar-refractivity contribution >= 4 is 11.8 Å². The van der Waals surface area contributed by atoms with E-state index in [-0.39, 0.29) is 12.4 Å². The van der Waals surface area contributed by atoms with Crippen LogP contribution in [0.15, 0.2) is 84.9 Å². The van der Waals surface area contributed by atoms with E-state index in [9.17, 15) is 9.59 Å². The molecule has 0 unspecified atom stereocenters. The maximum atomic E-state index is 13.6. The normalized spacial score (nSPS) is 20.4. The Morgan fingerprint density at radius 2 is 1.45 bits per heavy atom. The Bertz CT molecular complexity index is 1020. The molecular weight excluding hydrogens is 368 g/mol. The van der Waals surface area contributed by atoms with E-state index >= 15 is 0 Å². The van der Waals surface area contributed by atoms with E-state index in [2.05, 4.69) is 0 Å². The molecule has 146 valence electrons. The molecule has 0 amide bonds. The maximum Gasteiger partial charge on any atom is 0.303 e. The number of esters is 1. The van der Waals surface area contributed by atoms with Gasteiger partial charge < -0.3 is 14.2 Å².